The highest BCUT2D eigenvalue weighted by Gasteiger charge is 2.19. The van der Waals surface area contributed by atoms with Gasteiger partial charge in [0.15, 0.2) is 0 Å². The number of rotatable bonds is 5. The summed E-state index contributed by atoms with van der Waals surface area (Å²) in [6.07, 6.45) is 11.1. The Morgan fingerprint density at radius 1 is 1.05 bits per heavy atom. The van der Waals surface area contributed by atoms with Crippen LogP contribution in [0.25, 0.3) is 0 Å². The van der Waals surface area contributed by atoms with E-state index in [4.69, 9.17) is 0 Å². The third-order valence-electron chi connectivity index (χ3n) is 4.91. The molecule has 0 aromatic heterocycles. The second-order valence-corrected chi connectivity index (χ2v) is 6.51. The number of hydrogen-bond donors (Lipinski definition) is 1. The van der Waals surface area contributed by atoms with Gasteiger partial charge >= 0.3 is 0 Å². The summed E-state index contributed by atoms with van der Waals surface area (Å²) in [5.74, 6) is 1.90. The third kappa shape index (κ3) is 6.01. The van der Waals surface area contributed by atoms with Gasteiger partial charge in [-0.1, -0.05) is 19.3 Å². The minimum Gasteiger partial charge on any atom is -0.345 e. The molecule has 0 unspecified atom stereocenters. The van der Waals surface area contributed by atoms with E-state index < -0.39 is 0 Å². The number of carbonyl (C=O) groups is 1. The predicted molar refractivity (Wildman–Crippen MR) is 86.3 cm³/mol. The third-order valence-corrected chi connectivity index (χ3v) is 4.91. The molecule has 1 aliphatic carbocycles. The molecular weight excluding hydrogens is 272 g/mol. The van der Waals surface area contributed by atoms with Crippen molar-refractivity contribution in [2.24, 2.45) is 11.8 Å². The van der Waals surface area contributed by atoms with E-state index in [2.05, 4.69) is 5.32 Å². The number of nitrogens with zero attached hydrogens (tertiary/aromatic N) is 1. The number of carbonyl (C=O) groups excluding carboxylic acids is 1. The van der Waals surface area contributed by atoms with Gasteiger partial charge in [-0.25, -0.2) is 0 Å². The highest BCUT2D eigenvalue weighted by Crippen LogP contribution is 2.24. The molecule has 0 spiro atoms. The zero-order valence-electron chi connectivity index (χ0n) is 12.9. The average Bonchev–Trinajstić information content (AvgIpc) is 2.47. The maximum Gasteiger partial charge on any atom is 0.222 e. The first kappa shape index (κ1) is 17.8. The van der Waals surface area contributed by atoms with Crippen LogP contribution in [0, 0.1) is 11.8 Å². The highest BCUT2D eigenvalue weighted by molar-refractivity contribution is 5.85. The van der Waals surface area contributed by atoms with E-state index in [-0.39, 0.29) is 12.4 Å². The first-order chi connectivity index (χ1) is 9.25. The Hall–Kier alpha value is -0.280. The second-order valence-electron chi connectivity index (χ2n) is 6.51. The van der Waals surface area contributed by atoms with E-state index >= 15 is 0 Å². The molecular formula is C16H31ClN2O. The van der Waals surface area contributed by atoms with Crippen molar-refractivity contribution >= 4 is 18.3 Å². The molecule has 1 heterocycles. The quantitative estimate of drug-likeness (QED) is 0.845. The van der Waals surface area contributed by atoms with Crippen molar-refractivity contribution in [2.45, 2.75) is 57.8 Å². The molecule has 1 saturated heterocycles. The molecule has 2 rings (SSSR count). The molecule has 2 fully saturated rings. The van der Waals surface area contributed by atoms with Gasteiger partial charge in [-0.05, 0) is 57.0 Å². The lowest BCUT2D eigenvalue weighted by atomic mass is 9.89. The van der Waals surface area contributed by atoms with Gasteiger partial charge < -0.3 is 10.2 Å². The summed E-state index contributed by atoms with van der Waals surface area (Å²) in [4.78, 5) is 14.2. The van der Waals surface area contributed by atoms with Gasteiger partial charge in [0.05, 0.1) is 0 Å². The van der Waals surface area contributed by atoms with Crippen molar-refractivity contribution in [3.05, 3.63) is 0 Å². The molecule has 20 heavy (non-hydrogen) atoms. The molecule has 2 aliphatic rings. The predicted octanol–water partition coefficient (Wildman–Crippen LogP) is 3.23. The van der Waals surface area contributed by atoms with Crippen molar-refractivity contribution in [3.63, 3.8) is 0 Å². The minimum absolute atomic E-state index is 0. The Morgan fingerprint density at radius 2 is 1.70 bits per heavy atom. The van der Waals surface area contributed by atoms with Gasteiger partial charge in [0.2, 0.25) is 5.91 Å². The molecule has 0 bridgehead atoms. The molecule has 1 aliphatic heterocycles. The number of hydrogen-bond acceptors (Lipinski definition) is 2. The van der Waals surface area contributed by atoms with Gasteiger partial charge in [-0.2, -0.15) is 0 Å². The van der Waals surface area contributed by atoms with Crippen LogP contribution in [0.4, 0.5) is 0 Å². The average molecular weight is 303 g/mol. The van der Waals surface area contributed by atoms with Crippen molar-refractivity contribution in [1.29, 1.82) is 0 Å². The van der Waals surface area contributed by atoms with Gasteiger partial charge in [0.1, 0.15) is 0 Å². The molecule has 1 saturated carbocycles. The lowest BCUT2D eigenvalue weighted by Crippen LogP contribution is -2.33. The lowest BCUT2D eigenvalue weighted by Gasteiger charge is -2.28. The number of piperidine rings is 1. The number of halogens is 1. The Bertz CT molecular complexity index is 274. The summed E-state index contributed by atoms with van der Waals surface area (Å²) in [6, 6.07) is 0. The molecule has 118 valence electrons. The first-order valence-corrected chi connectivity index (χ1v) is 8.20. The molecule has 1 N–H and O–H groups in total. The van der Waals surface area contributed by atoms with Crippen LogP contribution in [0.15, 0.2) is 0 Å². The highest BCUT2D eigenvalue weighted by atomic mass is 35.5. The van der Waals surface area contributed by atoms with Gasteiger partial charge in [-0.3, -0.25) is 4.79 Å². The van der Waals surface area contributed by atoms with Crippen LogP contribution in [0.3, 0.4) is 0 Å². The van der Waals surface area contributed by atoms with E-state index in [1.807, 2.05) is 11.9 Å². The van der Waals surface area contributed by atoms with Crippen LogP contribution >= 0.6 is 12.4 Å². The maximum atomic E-state index is 12.2. The fourth-order valence-corrected chi connectivity index (χ4v) is 3.55. The maximum absolute atomic E-state index is 12.2. The van der Waals surface area contributed by atoms with E-state index in [9.17, 15) is 4.79 Å². The van der Waals surface area contributed by atoms with Crippen molar-refractivity contribution in [2.75, 3.05) is 26.7 Å². The topological polar surface area (TPSA) is 32.3 Å². The van der Waals surface area contributed by atoms with Crippen molar-refractivity contribution < 1.29 is 4.79 Å². The van der Waals surface area contributed by atoms with E-state index in [1.165, 1.54) is 44.9 Å². The fourth-order valence-electron chi connectivity index (χ4n) is 3.55. The fraction of sp³-hybridized carbons (Fsp3) is 0.938. The van der Waals surface area contributed by atoms with Crippen LogP contribution in [-0.4, -0.2) is 37.5 Å². The SMILES string of the molecule is CN(CC1CCCCC1)C(=O)CCC1CCNCC1.Cl. The molecule has 3 nitrogen and oxygen atoms in total. The summed E-state index contributed by atoms with van der Waals surface area (Å²) >= 11 is 0. The normalized spacial score (nSPS) is 21.2. The van der Waals surface area contributed by atoms with Gasteiger partial charge in [-0.15, -0.1) is 12.4 Å². The van der Waals surface area contributed by atoms with E-state index in [0.29, 0.717) is 5.91 Å². The summed E-state index contributed by atoms with van der Waals surface area (Å²) in [6.45, 7) is 3.26. The summed E-state index contributed by atoms with van der Waals surface area (Å²) in [5, 5.41) is 3.38. The van der Waals surface area contributed by atoms with Crippen LogP contribution in [0.5, 0.6) is 0 Å². The standard InChI is InChI=1S/C16H30N2O.ClH/c1-18(13-15-5-3-2-4-6-15)16(19)8-7-14-9-11-17-12-10-14;/h14-15,17H,2-13H2,1H3;1H. The number of nitrogens with one attached hydrogen (secondary N) is 1. The lowest BCUT2D eigenvalue weighted by molar-refractivity contribution is -0.131. The summed E-state index contributed by atoms with van der Waals surface area (Å²) in [7, 11) is 2.00. The largest absolute Gasteiger partial charge is 0.345 e. The van der Waals surface area contributed by atoms with Crippen molar-refractivity contribution in [1.82, 2.24) is 10.2 Å². The van der Waals surface area contributed by atoms with Crippen LogP contribution in [0.2, 0.25) is 0 Å². The van der Waals surface area contributed by atoms with Gasteiger partial charge in [0, 0.05) is 20.0 Å². The van der Waals surface area contributed by atoms with Crippen molar-refractivity contribution in [3.8, 4) is 0 Å². The van der Waals surface area contributed by atoms with Crippen LogP contribution < -0.4 is 5.32 Å². The molecule has 0 aromatic rings. The molecule has 0 radical (unpaired) electrons. The smallest absolute Gasteiger partial charge is 0.222 e. The summed E-state index contributed by atoms with van der Waals surface area (Å²) in [5.41, 5.74) is 0. The van der Waals surface area contributed by atoms with Crippen LogP contribution in [0.1, 0.15) is 57.8 Å². The van der Waals surface area contributed by atoms with Gasteiger partial charge in [0.25, 0.3) is 0 Å². The number of amides is 1. The molecule has 1 amide bonds. The Labute approximate surface area is 130 Å². The first-order valence-electron chi connectivity index (χ1n) is 8.20. The van der Waals surface area contributed by atoms with Crippen LogP contribution in [-0.2, 0) is 4.79 Å². The zero-order valence-corrected chi connectivity index (χ0v) is 13.7. The molecule has 0 atom stereocenters. The van der Waals surface area contributed by atoms with E-state index in [0.717, 1.165) is 44.3 Å². The zero-order chi connectivity index (χ0) is 13.5. The second kappa shape index (κ2) is 9.62. The Kier molecular flexibility index (Phi) is 8.55. The minimum atomic E-state index is 0. The molecule has 4 heteroatoms. The molecule has 0 aromatic carbocycles. The Balaban J connectivity index is 0.00000200. The van der Waals surface area contributed by atoms with E-state index in [1.54, 1.807) is 0 Å². The Morgan fingerprint density at radius 3 is 2.35 bits per heavy atom. The monoisotopic (exact) mass is 302 g/mol. The summed E-state index contributed by atoms with van der Waals surface area (Å²) < 4.78 is 0.